The van der Waals surface area contributed by atoms with Crippen LogP contribution in [-0.2, 0) is 14.8 Å². The van der Waals surface area contributed by atoms with Crippen molar-refractivity contribution in [2.24, 2.45) is 14.4 Å². The van der Waals surface area contributed by atoms with E-state index >= 15 is 0 Å². The zero-order valence-corrected chi connectivity index (χ0v) is 14.3. The summed E-state index contributed by atoms with van der Waals surface area (Å²) in [6.45, 7) is 0. The van der Waals surface area contributed by atoms with E-state index in [9.17, 15) is 13.2 Å². The maximum absolute atomic E-state index is 12.5. The summed E-state index contributed by atoms with van der Waals surface area (Å²) in [6.07, 6.45) is -1.10. The third-order valence-corrected chi connectivity index (χ3v) is 5.27. The molecule has 3 rings (SSSR count). The molecule has 1 atom stereocenters. The van der Waals surface area contributed by atoms with E-state index in [0.29, 0.717) is 0 Å². The molecule has 12 heteroatoms. The lowest BCUT2D eigenvalue weighted by molar-refractivity contribution is 0.157. The predicted molar refractivity (Wildman–Crippen MR) is 85.6 cm³/mol. The van der Waals surface area contributed by atoms with Crippen molar-refractivity contribution in [2.75, 3.05) is 7.11 Å². The number of nitrogens with zero attached hydrogens (tertiary/aromatic N) is 3. The smallest absolute Gasteiger partial charge is 0.326 e. The SMILES string of the molecule is COC1N=c2[nH]c(=O)[nH]c2=N/C1=N/S(=O)(=O)c1cccc(Cl)c1Cl. The highest BCUT2D eigenvalue weighted by atomic mass is 35.5. The number of imidazole rings is 1. The van der Waals surface area contributed by atoms with Crippen molar-refractivity contribution < 1.29 is 13.2 Å². The predicted octanol–water partition coefficient (Wildman–Crippen LogP) is 0.0225. The van der Waals surface area contributed by atoms with Crippen molar-refractivity contribution in [1.82, 2.24) is 9.97 Å². The van der Waals surface area contributed by atoms with Crippen molar-refractivity contribution in [3.05, 3.63) is 49.7 Å². The van der Waals surface area contributed by atoms with Gasteiger partial charge in [0.2, 0.25) is 6.23 Å². The molecule has 1 unspecified atom stereocenters. The van der Waals surface area contributed by atoms with Gasteiger partial charge in [0.15, 0.2) is 16.8 Å². The van der Waals surface area contributed by atoms with E-state index in [1.807, 2.05) is 0 Å². The van der Waals surface area contributed by atoms with E-state index in [4.69, 9.17) is 27.9 Å². The fourth-order valence-corrected chi connectivity index (χ4v) is 3.67. The van der Waals surface area contributed by atoms with E-state index in [0.717, 1.165) is 0 Å². The number of sulfonamides is 1. The molecule has 9 nitrogen and oxygen atoms in total. The third-order valence-electron chi connectivity index (χ3n) is 3.01. The van der Waals surface area contributed by atoms with Crippen LogP contribution in [0.15, 0.2) is 42.3 Å². The van der Waals surface area contributed by atoms with Gasteiger partial charge in [-0.2, -0.15) is 8.42 Å². The third kappa shape index (κ3) is 3.00. The molecule has 0 radical (unpaired) electrons. The van der Waals surface area contributed by atoms with Gasteiger partial charge in [-0.25, -0.2) is 14.8 Å². The number of aromatic amines is 2. The minimum absolute atomic E-state index is 0.0550. The van der Waals surface area contributed by atoms with Gasteiger partial charge in [0.1, 0.15) is 4.90 Å². The summed E-state index contributed by atoms with van der Waals surface area (Å²) < 4.78 is 33.6. The number of H-pyrrole nitrogens is 2. The van der Waals surface area contributed by atoms with Crippen molar-refractivity contribution in [2.45, 2.75) is 11.1 Å². The molecule has 2 N–H and O–H groups in total. The summed E-state index contributed by atoms with van der Waals surface area (Å²) in [5.74, 6) is -0.253. The molecule has 0 amide bonds. The van der Waals surface area contributed by atoms with Crippen molar-refractivity contribution >= 4 is 39.1 Å². The number of hydrogen-bond donors (Lipinski definition) is 2. The van der Waals surface area contributed by atoms with Gasteiger partial charge in [-0.3, -0.25) is 9.97 Å². The number of halogens is 2. The first kappa shape index (κ1) is 16.8. The summed E-state index contributed by atoms with van der Waals surface area (Å²) in [6, 6.07) is 4.14. The van der Waals surface area contributed by atoms with Gasteiger partial charge in [-0.05, 0) is 12.1 Å². The van der Waals surface area contributed by atoms with Gasteiger partial charge < -0.3 is 4.74 Å². The van der Waals surface area contributed by atoms with Crippen LogP contribution in [0.3, 0.4) is 0 Å². The van der Waals surface area contributed by atoms with E-state index in [1.54, 1.807) is 0 Å². The monoisotopic (exact) mass is 389 g/mol. The fourth-order valence-electron chi connectivity index (χ4n) is 1.96. The van der Waals surface area contributed by atoms with Crippen LogP contribution in [0.25, 0.3) is 0 Å². The fraction of sp³-hybridized carbons (Fsp3) is 0.167. The molecule has 126 valence electrons. The summed E-state index contributed by atoms with van der Waals surface area (Å²) in [7, 11) is -2.92. The zero-order valence-electron chi connectivity index (χ0n) is 11.9. The number of ether oxygens (including phenoxy) is 1. The van der Waals surface area contributed by atoms with Crippen LogP contribution < -0.4 is 16.7 Å². The average molecular weight is 390 g/mol. The quantitative estimate of drug-likeness (QED) is 0.766. The Morgan fingerprint density at radius 3 is 2.67 bits per heavy atom. The van der Waals surface area contributed by atoms with Crippen LogP contribution in [-0.4, -0.2) is 37.6 Å². The molecule has 0 saturated heterocycles. The molecule has 1 aromatic carbocycles. The Morgan fingerprint density at radius 1 is 1.25 bits per heavy atom. The Hall–Kier alpha value is -2.01. The molecule has 0 saturated carbocycles. The summed E-state index contributed by atoms with van der Waals surface area (Å²) in [5.41, 5.74) is -0.340. The highest BCUT2D eigenvalue weighted by molar-refractivity contribution is 7.90. The summed E-state index contributed by atoms with van der Waals surface area (Å²) in [4.78, 5) is 23.8. The maximum Gasteiger partial charge on any atom is 0.326 e. The second kappa shape index (κ2) is 6.13. The molecule has 1 aromatic heterocycles. The van der Waals surface area contributed by atoms with Crippen LogP contribution in [0.2, 0.25) is 10.0 Å². The average Bonchev–Trinajstić information content (AvgIpc) is 2.87. The minimum atomic E-state index is -4.22. The molecule has 1 aliphatic heterocycles. The number of methoxy groups -OCH3 is 1. The van der Waals surface area contributed by atoms with Gasteiger partial charge in [0, 0.05) is 7.11 Å². The lowest BCUT2D eigenvalue weighted by Gasteiger charge is -2.12. The Morgan fingerprint density at radius 2 is 1.96 bits per heavy atom. The number of aromatic nitrogens is 2. The highest BCUT2D eigenvalue weighted by Crippen LogP contribution is 2.30. The first-order valence-corrected chi connectivity index (χ1v) is 8.58. The largest absolute Gasteiger partial charge is 0.353 e. The molecular weight excluding hydrogens is 381 g/mol. The van der Waals surface area contributed by atoms with Crippen molar-refractivity contribution in [3.63, 3.8) is 0 Å². The summed E-state index contributed by atoms with van der Waals surface area (Å²) >= 11 is 11.8. The molecule has 0 fully saturated rings. The Kier molecular flexibility index (Phi) is 4.30. The number of amidine groups is 1. The number of fused-ring (bicyclic) bond motifs is 1. The lowest BCUT2D eigenvalue weighted by Crippen LogP contribution is -2.38. The topological polar surface area (TPSA) is 129 Å². The van der Waals surface area contributed by atoms with Gasteiger partial charge in [0.05, 0.1) is 10.0 Å². The standard InChI is InChI=1S/C12H9Cl2N5O4S/c1-23-11-10(15-8-9(16-11)18-12(20)17-8)19-24(21,22)6-4-2-3-5(13)7(6)14/h2-4,11H,1H3,(H2,15,16,17,18,19,20). The van der Waals surface area contributed by atoms with Crippen molar-refractivity contribution in [3.8, 4) is 0 Å². The lowest BCUT2D eigenvalue weighted by atomic mass is 10.4. The summed E-state index contributed by atoms with van der Waals surface area (Å²) in [5, 5.41) is -0.0790. The highest BCUT2D eigenvalue weighted by Gasteiger charge is 2.25. The Labute approximate surface area is 144 Å². The van der Waals surface area contributed by atoms with E-state index < -0.39 is 21.9 Å². The van der Waals surface area contributed by atoms with Crippen molar-refractivity contribution in [1.29, 1.82) is 0 Å². The van der Waals surface area contributed by atoms with Gasteiger partial charge in [-0.15, -0.1) is 4.40 Å². The van der Waals surface area contributed by atoms with Crippen LogP contribution in [0.5, 0.6) is 0 Å². The molecule has 0 bridgehead atoms. The van der Waals surface area contributed by atoms with Crippen LogP contribution in [0.4, 0.5) is 0 Å². The van der Waals surface area contributed by atoms with E-state index in [-0.39, 0.29) is 31.8 Å². The molecular formula is C12H9Cl2N5O4S. The maximum atomic E-state index is 12.5. The number of rotatable bonds is 3. The first-order valence-electron chi connectivity index (χ1n) is 6.38. The Bertz CT molecular complexity index is 1120. The van der Waals surface area contributed by atoms with Crippen LogP contribution in [0.1, 0.15) is 0 Å². The molecule has 0 aliphatic carbocycles. The number of nitrogens with one attached hydrogen (secondary N) is 2. The molecule has 2 heterocycles. The number of hydrogen-bond acceptors (Lipinski definition) is 5. The van der Waals surface area contributed by atoms with Crippen LogP contribution >= 0.6 is 23.2 Å². The second-order valence-electron chi connectivity index (χ2n) is 4.58. The molecule has 1 aliphatic rings. The Balaban J connectivity index is 2.17. The second-order valence-corrected chi connectivity index (χ2v) is 6.94. The number of benzene rings is 1. The molecule has 2 aromatic rings. The zero-order chi connectivity index (χ0) is 17.5. The van der Waals surface area contributed by atoms with E-state index in [2.05, 4.69) is 24.4 Å². The van der Waals surface area contributed by atoms with Crippen LogP contribution in [0, 0.1) is 0 Å². The molecule has 24 heavy (non-hydrogen) atoms. The van der Waals surface area contributed by atoms with Gasteiger partial charge >= 0.3 is 5.69 Å². The normalized spacial score (nSPS) is 18.8. The van der Waals surface area contributed by atoms with E-state index in [1.165, 1.54) is 25.3 Å². The van der Waals surface area contributed by atoms with Gasteiger partial charge in [-0.1, -0.05) is 29.3 Å². The first-order chi connectivity index (χ1) is 11.3. The van der Waals surface area contributed by atoms with Gasteiger partial charge in [0.25, 0.3) is 10.0 Å². The minimum Gasteiger partial charge on any atom is -0.353 e. The molecule has 0 spiro atoms.